The molecule has 144 valence electrons. The van der Waals surface area contributed by atoms with E-state index in [0.29, 0.717) is 31.2 Å². The average Bonchev–Trinajstić information content (AvgIpc) is 3.31. The van der Waals surface area contributed by atoms with E-state index in [-0.39, 0.29) is 0 Å². The van der Waals surface area contributed by atoms with E-state index in [2.05, 4.69) is 20.1 Å². The van der Waals surface area contributed by atoms with Crippen LogP contribution in [0, 0.1) is 0 Å². The van der Waals surface area contributed by atoms with Crippen LogP contribution in [0.3, 0.4) is 0 Å². The first kappa shape index (κ1) is 19.3. The smallest absolute Gasteiger partial charge is 0.423 e. The second-order valence-electron chi connectivity index (χ2n) is 6.02. The van der Waals surface area contributed by atoms with Gasteiger partial charge < -0.3 is 14.4 Å². The Balaban J connectivity index is 1.65. The van der Waals surface area contributed by atoms with Gasteiger partial charge in [-0.2, -0.15) is 5.10 Å². The van der Waals surface area contributed by atoms with Gasteiger partial charge in [0.1, 0.15) is 11.0 Å². The molecule has 0 aliphatic carbocycles. The molecular formula is C17H18BN5O3S2. The van der Waals surface area contributed by atoms with Crippen molar-refractivity contribution in [2.24, 2.45) is 5.10 Å². The molecule has 3 aromatic rings. The SMILES string of the molecule is COCCN(/N=C/c1ccc2c(c1)COB2O)c1ncnc2nc(SC)sc12. The molecule has 4 rings (SSSR count). The van der Waals surface area contributed by atoms with E-state index >= 15 is 0 Å². The van der Waals surface area contributed by atoms with Gasteiger partial charge in [-0.1, -0.05) is 23.9 Å². The van der Waals surface area contributed by atoms with Crippen LogP contribution in [0.1, 0.15) is 11.1 Å². The summed E-state index contributed by atoms with van der Waals surface area (Å²) in [6, 6.07) is 5.74. The zero-order chi connectivity index (χ0) is 19.5. The second-order valence-corrected chi connectivity index (χ2v) is 8.07. The number of thioether (sulfide) groups is 1. The summed E-state index contributed by atoms with van der Waals surface area (Å²) in [6.45, 7) is 1.44. The zero-order valence-electron chi connectivity index (χ0n) is 15.4. The number of methoxy groups -OCH3 is 1. The first-order valence-corrected chi connectivity index (χ1v) is 10.6. The Kier molecular flexibility index (Phi) is 5.88. The molecule has 1 aliphatic rings. The lowest BCUT2D eigenvalue weighted by Gasteiger charge is -2.17. The molecule has 0 saturated heterocycles. The molecule has 0 fully saturated rings. The van der Waals surface area contributed by atoms with Gasteiger partial charge in [0.15, 0.2) is 15.8 Å². The lowest BCUT2D eigenvalue weighted by atomic mass is 9.79. The molecular weight excluding hydrogens is 397 g/mol. The molecule has 1 aromatic carbocycles. The van der Waals surface area contributed by atoms with Gasteiger partial charge in [0.25, 0.3) is 0 Å². The average molecular weight is 415 g/mol. The van der Waals surface area contributed by atoms with Crippen LogP contribution in [0.2, 0.25) is 0 Å². The van der Waals surface area contributed by atoms with Gasteiger partial charge in [-0.15, -0.1) is 11.3 Å². The van der Waals surface area contributed by atoms with Crippen molar-refractivity contribution < 1.29 is 14.4 Å². The lowest BCUT2D eigenvalue weighted by molar-refractivity contribution is 0.205. The summed E-state index contributed by atoms with van der Waals surface area (Å²) < 4.78 is 12.3. The minimum atomic E-state index is -0.842. The van der Waals surface area contributed by atoms with E-state index in [0.717, 1.165) is 25.6 Å². The number of thiazole rings is 1. The standard InChI is InChI=1S/C17H18BN5O3S2/c1-25-6-5-23(16-14-15(19-10-20-16)22-17(27-2)28-14)21-8-11-3-4-13-12(7-11)9-26-18(13)24/h3-4,7-8,10,24H,5-6,9H2,1-2H3/b21-8+. The number of benzene rings is 1. The minimum Gasteiger partial charge on any atom is -0.423 e. The Hall–Kier alpha value is -2.05. The Morgan fingerprint density at radius 1 is 1.46 bits per heavy atom. The van der Waals surface area contributed by atoms with Crippen molar-refractivity contribution >= 4 is 58.1 Å². The van der Waals surface area contributed by atoms with E-state index in [4.69, 9.17) is 9.39 Å². The predicted octanol–water partition coefficient (Wildman–Crippen LogP) is 1.51. The highest BCUT2D eigenvalue weighted by Gasteiger charge is 2.26. The summed E-state index contributed by atoms with van der Waals surface area (Å²) in [6.07, 6.45) is 5.26. The quantitative estimate of drug-likeness (QED) is 0.269. The summed E-state index contributed by atoms with van der Waals surface area (Å²) in [4.78, 5) is 13.2. The number of hydrazone groups is 1. The highest BCUT2D eigenvalue weighted by molar-refractivity contribution is 8.00. The molecule has 2 aromatic heterocycles. The third-order valence-electron chi connectivity index (χ3n) is 4.26. The third-order valence-corrected chi connectivity index (χ3v) is 6.28. The van der Waals surface area contributed by atoms with Crippen LogP contribution in [-0.4, -0.2) is 59.8 Å². The molecule has 0 spiro atoms. The van der Waals surface area contributed by atoms with Crippen LogP contribution in [0.4, 0.5) is 5.82 Å². The molecule has 11 heteroatoms. The van der Waals surface area contributed by atoms with Crippen LogP contribution in [0.25, 0.3) is 10.3 Å². The monoisotopic (exact) mass is 415 g/mol. The van der Waals surface area contributed by atoms with Crippen LogP contribution in [0.15, 0.2) is 34.0 Å². The summed E-state index contributed by atoms with van der Waals surface area (Å²) in [7, 11) is 0.812. The maximum atomic E-state index is 9.76. The van der Waals surface area contributed by atoms with E-state index in [1.807, 2.05) is 24.5 Å². The first-order valence-electron chi connectivity index (χ1n) is 8.58. The van der Waals surface area contributed by atoms with Crippen LogP contribution >= 0.6 is 23.1 Å². The second kappa shape index (κ2) is 8.54. The van der Waals surface area contributed by atoms with Crippen LogP contribution < -0.4 is 10.5 Å². The molecule has 0 atom stereocenters. The number of hydrogen-bond donors (Lipinski definition) is 1. The molecule has 0 radical (unpaired) electrons. The van der Waals surface area contributed by atoms with Crippen molar-refractivity contribution in [2.75, 3.05) is 31.5 Å². The van der Waals surface area contributed by atoms with E-state index < -0.39 is 7.12 Å². The number of rotatable bonds is 7. The highest BCUT2D eigenvalue weighted by atomic mass is 32.2. The number of ether oxygens (including phenoxy) is 1. The molecule has 3 heterocycles. The largest absolute Gasteiger partial charge is 0.491 e. The van der Waals surface area contributed by atoms with Crippen molar-refractivity contribution in [3.05, 3.63) is 35.7 Å². The molecule has 1 N–H and O–H groups in total. The maximum absolute atomic E-state index is 9.76. The van der Waals surface area contributed by atoms with Crippen molar-refractivity contribution in [3.63, 3.8) is 0 Å². The van der Waals surface area contributed by atoms with Crippen molar-refractivity contribution in [1.82, 2.24) is 15.0 Å². The van der Waals surface area contributed by atoms with Gasteiger partial charge in [-0.3, -0.25) is 0 Å². The number of fused-ring (bicyclic) bond motifs is 2. The van der Waals surface area contributed by atoms with Crippen molar-refractivity contribution in [1.29, 1.82) is 0 Å². The Bertz CT molecular complexity index is 1020. The molecule has 0 unspecified atom stereocenters. The van der Waals surface area contributed by atoms with Gasteiger partial charge in [0.2, 0.25) is 0 Å². The number of anilines is 1. The van der Waals surface area contributed by atoms with Gasteiger partial charge in [-0.25, -0.2) is 20.0 Å². The molecule has 28 heavy (non-hydrogen) atoms. The molecule has 0 bridgehead atoms. The normalized spacial score (nSPS) is 13.6. The Morgan fingerprint density at radius 2 is 2.36 bits per heavy atom. The fourth-order valence-electron chi connectivity index (χ4n) is 2.86. The summed E-state index contributed by atoms with van der Waals surface area (Å²) >= 11 is 3.13. The van der Waals surface area contributed by atoms with Crippen molar-refractivity contribution in [2.45, 2.75) is 10.9 Å². The zero-order valence-corrected chi connectivity index (χ0v) is 17.0. The topological polar surface area (TPSA) is 93.0 Å². The van der Waals surface area contributed by atoms with Gasteiger partial charge >= 0.3 is 7.12 Å². The number of nitrogens with zero attached hydrogens (tertiary/aromatic N) is 5. The highest BCUT2D eigenvalue weighted by Crippen LogP contribution is 2.32. The third kappa shape index (κ3) is 3.89. The predicted molar refractivity (Wildman–Crippen MR) is 113 cm³/mol. The summed E-state index contributed by atoms with van der Waals surface area (Å²) in [5.41, 5.74) is 3.36. The van der Waals surface area contributed by atoms with Crippen LogP contribution in [0.5, 0.6) is 0 Å². The van der Waals surface area contributed by atoms with E-state index in [9.17, 15) is 5.02 Å². The maximum Gasteiger partial charge on any atom is 0.491 e. The minimum absolute atomic E-state index is 0.399. The lowest BCUT2D eigenvalue weighted by Crippen LogP contribution is -2.27. The summed E-state index contributed by atoms with van der Waals surface area (Å²) in [5, 5.41) is 16.2. The first-order chi connectivity index (χ1) is 13.7. The van der Waals surface area contributed by atoms with Crippen LogP contribution in [-0.2, 0) is 16.0 Å². The Morgan fingerprint density at radius 3 is 3.18 bits per heavy atom. The van der Waals surface area contributed by atoms with Crippen molar-refractivity contribution in [3.8, 4) is 0 Å². The molecule has 8 nitrogen and oxygen atoms in total. The molecule has 0 saturated carbocycles. The van der Waals surface area contributed by atoms with Gasteiger partial charge in [0, 0.05) is 7.11 Å². The van der Waals surface area contributed by atoms with E-state index in [1.165, 1.54) is 6.33 Å². The fourth-order valence-corrected chi connectivity index (χ4v) is 4.36. The number of aromatic nitrogens is 3. The number of hydrogen-bond acceptors (Lipinski definition) is 10. The molecule has 0 amide bonds. The van der Waals surface area contributed by atoms with E-state index in [1.54, 1.807) is 41.4 Å². The fraction of sp³-hybridized carbons (Fsp3) is 0.294. The Labute approximate surface area is 170 Å². The van der Waals surface area contributed by atoms with Gasteiger partial charge in [0.05, 0.1) is 26.0 Å². The molecule has 1 aliphatic heterocycles. The summed E-state index contributed by atoms with van der Waals surface area (Å²) in [5.74, 6) is 0.705. The van der Waals surface area contributed by atoms with Gasteiger partial charge in [-0.05, 0) is 28.9 Å².